The summed E-state index contributed by atoms with van der Waals surface area (Å²) in [6.45, 7) is 0.618. The summed E-state index contributed by atoms with van der Waals surface area (Å²) < 4.78 is 0. The standard InChI is InChI=1S/C14H18N2O3/c17-13(18)12(11-7-2-1-3-8-11)16-14(19)15-9-10-5-4-6-10/h1-3,7-8,10,12H,4-6,9H2,(H,17,18)(H2,15,16,19). The summed E-state index contributed by atoms with van der Waals surface area (Å²) in [5.74, 6) is -0.518. The molecule has 0 aromatic heterocycles. The number of carbonyl (C=O) groups excluding carboxylic acids is 1. The summed E-state index contributed by atoms with van der Waals surface area (Å²) in [5, 5.41) is 14.4. The molecule has 1 fully saturated rings. The van der Waals surface area contributed by atoms with E-state index in [2.05, 4.69) is 10.6 Å². The number of hydrogen-bond donors (Lipinski definition) is 3. The summed E-state index contributed by atoms with van der Waals surface area (Å²) >= 11 is 0. The maximum Gasteiger partial charge on any atom is 0.330 e. The van der Waals surface area contributed by atoms with Crippen molar-refractivity contribution in [3.05, 3.63) is 35.9 Å². The van der Waals surface area contributed by atoms with Gasteiger partial charge < -0.3 is 15.7 Å². The number of rotatable bonds is 5. The van der Waals surface area contributed by atoms with Gasteiger partial charge in [0.25, 0.3) is 0 Å². The van der Waals surface area contributed by atoms with E-state index in [9.17, 15) is 9.59 Å². The van der Waals surface area contributed by atoms with Gasteiger partial charge in [0.15, 0.2) is 6.04 Å². The van der Waals surface area contributed by atoms with Crippen LogP contribution in [0.2, 0.25) is 0 Å². The number of hydrogen-bond acceptors (Lipinski definition) is 2. The van der Waals surface area contributed by atoms with Crippen molar-refractivity contribution >= 4 is 12.0 Å². The lowest BCUT2D eigenvalue weighted by Gasteiger charge is -2.25. The van der Waals surface area contributed by atoms with E-state index in [-0.39, 0.29) is 0 Å². The molecule has 19 heavy (non-hydrogen) atoms. The Hall–Kier alpha value is -2.04. The van der Waals surface area contributed by atoms with E-state index in [1.807, 2.05) is 0 Å². The molecule has 0 bridgehead atoms. The Morgan fingerprint density at radius 2 is 1.95 bits per heavy atom. The van der Waals surface area contributed by atoms with Crippen LogP contribution in [0.4, 0.5) is 4.79 Å². The highest BCUT2D eigenvalue weighted by atomic mass is 16.4. The number of carboxylic acids is 1. The van der Waals surface area contributed by atoms with Gasteiger partial charge >= 0.3 is 12.0 Å². The molecule has 1 aromatic carbocycles. The van der Waals surface area contributed by atoms with Crippen LogP contribution in [-0.2, 0) is 4.79 Å². The van der Waals surface area contributed by atoms with Gasteiger partial charge in [-0.05, 0) is 24.3 Å². The molecule has 1 unspecified atom stereocenters. The zero-order chi connectivity index (χ0) is 13.7. The van der Waals surface area contributed by atoms with Crippen LogP contribution in [0.25, 0.3) is 0 Å². The van der Waals surface area contributed by atoms with Crippen LogP contribution in [0, 0.1) is 5.92 Å². The van der Waals surface area contributed by atoms with Gasteiger partial charge in [-0.1, -0.05) is 36.8 Å². The Balaban J connectivity index is 1.89. The smallest absolute Gasteiger partial charge is 0.330 e. The molecule has 0 heterocycles. The topological polar surface area (TPSA) is 78.4 Å². The van der Waals surface area contributed by atoms with Crippen LogP contribution >= 0.6 is 0 Å². The molecule has 5 nitrogen and oxygen atoms in total. The highest BCUT2D eigenvalue weighted by Crippen LogP contribution is 2.25. The Labute approximate surface area is 112 Å². The minimum absolute atomic E-state index is 0.428. The van der Waals surface area contributed by atoms with Crippen LogP contribution in [0.3, 0.4) is 0 Å². The third kappa shape index (κ3) is 3.71. The fraction of sp³-hybridized carbons (Fsp3) is 0.429. The first-order chi connectivity index (χ1) is 9.16. The highest BCUT2D eigenvalue weighted by molar-refractivity contribution is 5.83. The zero-order valence-corrected chi connectivity index (χ0v) is 10.6. The first-order valence-corrected chi connectivity index (χ1v) is 6.49. The van der Waals surface area contributed by atoms with Crippen molar-refractivity contribution in [2.24, 2.45) is 5.92 Å². The molecular weight excluding hydrogens is 244 g/mol. The lowest BCUT2D eigenvalue weighted by atomic mass is 9.85. The summed E-state index contributed by atoms with van der Waals surface area (Å²) in [7, 11) is 0. The SMILES string of the molecule is O=C(NCC1CCC1)NC(C(=O)O)c1ccccc1. The average molecular weight is 262 g/mol. The van der Waals surface area contributed by atoms with Crippen molar-refractivity contribution in [3.63, 3.8) is 0 Å². The van der Waals surface area contributed by atoms with E-state index in [0.717, 1.165) is 12.8 Å². The Bertz CT molecular complexity index is 443. The molecule has 1 aliphatic rings. The van der Waals surface area contributed by atoms with E-state index in [0.29, 0.717) is 18.0 Å². The number of carbonyl (C=O) groups is 2. The van der Waals surface area contributed by atoms with Gasteiger partial charge in [0.2, 0.25) is 0 Å². The Morgan fingerprint density at radius 1 is 1.26 bits per heavy atom. The lowest BCUT2D eigenvalue weighted by Crippen LogP contribution is -2.43. The van der Waals surface area contributed by atoms with Gasteiger partial charge in [0.05, 0.1) is 0 Å². The molecule has 0 aliphatic heterocycles. The molecule has 3 N–H and O–H groups in total. The van der Waals surface area contributed by atoms with Crippen molar-refractivity contribution < 1.29 is 14.7 Å². The van der Waals surface area contributed by atoms with Crippen molar-refractivity contribution in [2.75, 3.05) is 6.54 Å². The van der Waals surface area contributed by atoms with Gasteiger partial charge in [-0.3, -0.25) is 0 Å². The van der Waals surface area contributed by atoms with Crippen LogP contribution < -0.4 is 10.6 Å². The van der Waals surface area contributed by atoms with E-state index in [4.69, 9.17) is 5.11 Å². The first-order valence-electron chi connectivity index (χ1n) is 6.49. The predicted molar refractivity (Wildman–Crippen MR) is 70.7 cm³/mol. The van der Waals surface area contributed by atoms with Crippen LogP contribution in [-0.4, -0.2) is 23.7 Å². The maximum atomic E-state index is 11.7. The second kappa shape index (κ2) is 6.22. The zero-order valence-electron chi connectivity index (χ0n) is 10.6. The minimum Gasteiger partial charge on any atom is -0.479 e. The van der Waals surface area contributed by atoms with E-state index in [1.165, 1.54) is 6.42 Å². The number of amides is 2. The van der Waals surface area contributed by atoms with Crippen molar-refractivity contribution in [2.45, 2.75) is 25.3 Å². The van der Waals surface area contributed by atoms with Gasteiger partial charge in [-0.15, -0.1) is 0 Å². The molecule has 0 radical (unpaired) electrons. The monoisotopic (exact) mass is 262 g/mol. The second-order valence-electron chi connectivity index (χ2n) is 4.83. The molecular formula is C14H18N2O3. The molecule has 2 rings (SSSR count). The number of aliphatic carboxylic acids is 1. The van der Waals surface area contributed by atoms with E-state index < -0.39 is 18.0 Å². The molecule has 102 valence electrons. The normalized spacial score (nSPS) is 16.2. The molecule has 1 aromatic rings. The van der Waals surface area contributed by atoms with E-state index >= 15 is 0 Å². The second-order valence-corrected chi connectivity index (χ2v) is 4.83. The summed E-state index contributed by atoms with van der Waals surface area (Å²) in [6.07, 6.45) is 3.50. The number of carboxylic acid groups (broad SMARTS) is 1. The van der Waals surface area contributed by atoms with Gasteiger partial charge in [0, 0.05) is 6.54 Å². The summed E-state index contributed by atoms with van der Waals surface area (Å²) in [4.78, 5) is 22.9. The molecule has 1 aliphatic carbocycles. The maximum absolute atomic E-state index is 11.7. The number of benzene rings is 1. The van der Waals surface area contributed by atoms with Crippen LogP contribution in [0.1, 0.15) is 30.9 Å². The molecule has 0 spiro atoms. The molecule has 5 heteroatoms. The van der Waals surface area contributed by atoms with Crippen molar-refractivity contribution in [1.82, 2.24) is 10.6 Å². The third-order valence-corrected chi connectivity index (χ3v) is 3.43. The minimum atomic E-state index is -1.06. The fourth-order valence-corrected chi connectivity index (χ4v) is 2.05. The molecule has 0 saturated heterocycles. The number of nitrogens with one attached hydrogen (secondary N) is 2. The molecule has 1 saturated carbocycles. The van der Waals surface area contributed by atoms with Gasteiger partial charge in [-0.25, -0.2) is 9.59 Å². The van der Waals surface area contributed by atoms with Gasteiger partial charge in [-0.2, -0.15) is 0 Å². The molecule has 2 amide bonds. The fourth-order valence-electron chi connectivity index (χ4n) is 2.05. The van der Waals surface area contributed by atoms with Crippen molar-refractivity contribution in [3.8, 4) is 0 Å². The predicted octanol–water partition coefficient (Wildman–Crippen LogP) is 1.91. The molecule has 1 atom stereocenters. The lowest BCUT2D eigenvalue weighted by molar-refractivity contribution is -0.139. The third-order valence-electron chi connectivity index (χ3n) is 3.43. The number of urea groups is 1. The largest absolute Gasteiger partial charge is 0.479 e. The average Bonchev–Trinajstić information content (AvgIpc) is 2.35. The van der Waals surface area contributed by atoms with Crippen LogP contribution in [0.5, 0.6) is 0 Å². The first kappa shape index (κ1) is 13.4. The van der Waals surface area contributed by atoms with Crippen LogP contribution in [0.15, 0.2) is 30.3 Å². The quantitative estimate of drug-likeness (QED) is 0.758. The Morgan fingerprint density at radius 3 is 2.47 bits per heavy atom. The summed E-state index contributed by atoms with van der Waals surface area (Å²) in [5.41, 5.74) is 0.564. The van der Waals surface area contributed by atoms with Crippen molar-refractivity contribution in [1.29, 1.82) is 0 Å². The van der Waals surface area contributed by atoms with Gasteiger partial charge in [0.1, 0.15) is 0 Å². The highest BCUT2D eigenvalue weighted by Gasteiger charge is 2.23. The van der Waals surface area contributed by atoms with E-state index in [1.54, 1.807) is 30.3 Å². The Kier molecular flexibility index (Phi) is 4.39. The summed E-state index contributed by atoms with van der Waals surface area (Å²) in [6, 6.07) is 7.23.